The Bertz CT molecular complexity index is 3610. The molecule has 0 amide bonds. The Labute approximate surface area is 447 Å². The molecule has 0 saturated carbocycles. The van der Waals surface area contributed by atoms with Crippen molar-refractivity contribution in [2.75, 3.05) is 52.1 Å². The minimum atomic E-state index is -6.22. The van der Waals surface area contributed by atoms with Gasteiger partial charge in [-0.2, -0.15) is 8.62 Å². The number of imidazole rings is 2. The van der Waals surface area contributed by atoms with E-state index in [0.29, 0.717) is 0 Å². The molecule has 9 rings (SSSR count). The van der Waals surface area contributed by atoms with Gasteiger partial charge in [-0.3, -0.25) is 46.9 Å². The van der Waals surface area contributed by atoms with Crippen molar-refractivity contribution in [3.8, 4) is 0 Å². The molecule has 8 heterocycles. The van der Waals surface area contributed by atoms with Crippen LogP contribution in [0.3, 0.4) is 0 Å². The van der Waals surface area contributed by atoms with Crippen LogP contribution in [0.1, 0.15) is 30.7 Å². The normalized spacial score (nSPS) is 29.2. The lowest BCUT2D eigenvalue weighted by Gasteiger charge is -2.28. The molecular weight excluding hydrogens is 1160 g/mol. The predicted molar refractivity (Wildman–Crippen MR) is 265 cm³/mol. The zero-order valence-electron chi connectivity index (χ0n) is 41.5. The van der Waals surface area contributed by atoms with Crippen LogP contribution in [-0.2, 0) is 70.7 Å². The number of aromatic nitrogens is 10. The third-order valence-corrected chi connectivity index (χ3v) is 19.2. The standard InChI is InChI=1S/C40H52N12O24P4/c1-67-11-9-20-21(72-36(27(20)54)52-18-49(12-19-6-4-3-5-7-19)26-34(52)47-39(42)48-35(26)57)13-70-78(61,62)75-80(65,66)76-79(63,64)71-15-23-31(30(68-2)38(74-23)51-17-45-25-32(41)43-16-44-33(25)51)77(59,60)69-14-22-28(55)29(56)37(73-22)50-10-8-24(53)46-40(50)58/h3-8,10,16-18,20-23,27-31,36-38,54-56H,9,11-15H2,1-2H3,(H9-,41,42,43,44,46,47,48,53,57,58,59,60,61,62,63,64,65,66)/p+1/t20-,21-,22-,23?,27-,28-,29-,30-,31-,36-,37-,38-/m1/s1. The Balaban J connectivity index is 0.888. The van der Waals surface area contributed by atoms with Crippen LogP contribution >= 0.6 is 31.1 Å². The van der Waals surface area contributed by atoms with Crippen molar-refractivity contribution in [1.29, 1.82) is 0 Å². The number of hydrogen-bond acceptors (Lipinski definition) is 26. The van der Waals surface area contributed by atoms with E-state index in [-0.39, 0.29) is 53.7 Å². The van der Waals surface area contributed by atoms with Crippen molar-refractivity contribution < 1.29 is 104 Å². The Morgan fingerprint density at radius 1 is 0.762 bits per heavy atom. The molecule has 40 heteroatoms. The van der Waals surface area contributed by atoms with Crippen molar-refractivity contribution in [2.24, 2.45) is 5.92 Å². The number of rotatable bonds is 23. The quantitative estimate of drug-likeness (QED) is 0.0244. The summed E-state index contributed by atoms with van der Waals surface area (Å²) in [4.78, 5) is 102. The summed E-state index contributed by atoms with van der Waals surface area (Å²) >= 11 is 0. The molecule has 3 aliphatic rings. The number of aliphatic hydroxyl groups excluding tert-OH is 3. The van der Waals surface area contributed by atoms with Crippen LogP contribution in [0.15, 0.2) is 76.0 Å². The largest absolute Gasteiger partial charge is 0.490 e. The number of phosphoric acid groups is 3. The van der Waals surface area contributed by atoms with Gasteiger partial charge in [0.2, 0.25) is 11.7 Å². The molecule has 13 N–H and O–H groups in total. The third-order valence-electron chi connectivity index (χ3n) is 13.1. The molecule has 36 nitrogen and oxygen atoms in total. The minimum Gasteiger partial charge on any atom is -0.387 e. The number of ether oxygens (including phenoxy) is 5. The Morgan fingerprint density at radius 3 is 2.11 bits per heavy atom. The van der Waals surface area contributed by atoms with Crippen LogP contribution in [0, 0.1) is 5.92 Å². The molecule has 5 unspecified atom stereocenters. The fourth-order valence-corrected chi connectivity index (χ4v) is 14.8. The zero-order valence-corrected chi connectivity index (χ0v) is 45.1. The second-order valence-electron chi connectivity index (χ2n) is 18.2. The average molecular weight is 1210 g/mol. The van der Waals surface area contributed by atoms with Crippen LogP contribution in [-0.4, -0.2) is 168 Å². The lowest BCUT2D eigenvalue weighted by Crippen LogP contribution is -2.45. The Kier molecular flexibility index (Phi) is 17.4. The first-order valence-corrected chi connectivity index (χ1v) is 29.7. The predicted octanol–water partition coefficient (Wildman–Crippen LogP) is -2.00. The summed E-state index contributed by atoms with van der Waals surface area (Å²) in [5.41, 5.74) is 8.28. The number of aliphatic hydroxyl groups is 3. The fourth-order valence-electron chi connectivity index (χ4n) is 9.49. The first-order chi connectivity index (χ1) is 37.8. The van der Waals surface area contributed by atoms with E-state index in [0.717, 1.165) is 42.2 Å². The highest BCUT2D eigenvalue weighted by molar-refractivity contribution is 7.66. The number of fused-ring (bicyclic) bond motifs is 2. The van der Waals surface area contributed by atoms with E-state index in [4.69, 9.17) is 48.7 Å². The molecule has 16 atom stereocenters. The maximum Gasteiger partial charge on any atom is 0.490 e. The van der Waals surface area contributed by atoms with Gasteiger partial charge >= 0.3 is 42.4 Å². The molecule has 0 spiro atoms. The summed E-state index contributed by atoms with van der Waals surface area (Å²) in [6.45, 7) is -3.08. The molecular formula is C40H53N12O24P4+. The van der Waals surface area contributed by atoms with E-state index in [1.807, 2.05) is 17.1 Å². The minimum absolute atomic E-state index is 0.00724. The van der Waals surface area contributed by atoms with Crippen molar-refractivity contribution in [2.45, 2.75) is 80.0 Å². The first kappa shape index (κ1) is 59.3. The lowest BCUT2D eigenvalue weighted by atomic mass is 9.95. The number of nitrogens with zero attached hydrogens (tertiary/aromatic N) is 8. The van der Waals surface area contributed by atoms with Gasteiger partial charge in [0.05, 0.1) is 38.8 Å². The summed E-state index contributed by atoms with van der Waals surface area (Å²) < 4.78 is 112. The highest BCUT2D eigenvalue weighted by Crippen LogP contribution is 2.68. The molecule has 6 aromatic rings. The highest BCUT2D eigenvalue weighted by Gasteiger charge is 2.58. The molecule has 80 heavy (non-hydrogen) atoms. The Hall–Kier alpha value is -5.36. The Morgan fingerprint density at radius 2 is 1.44 bits per heavy atom. The van der Waals surface area contributed by atoms with Crippen LogP contribution < -0.4 is 32.8 Å². The number of nitrogens with one attached hydrogen (secondary N) is 2. The molecule has 3 saturated heterocycles. The molecule has 3 fully saturated rings. The van der Waals surface area contributed by atoms with Gasteiger partial charge in [-0.05, 0) is 12.0 Å². The maximum atomic E-state index is 14.4. The molecule has 5 aromatic heterocycles. The second-order valence-corrected chi connectivity index (χ2v) is 24.8. The lowest BCUT2D eigenvalue weighted by molar-refractivity contribution is -0.746. The van der Waals surface area contributed by atoms with Crippen molar-refractivity contribution in [3.63, 3.8) is 0 Å². The number of anilines is 2. The number of nitrogens with two attached hydrogens (primary N) is 2. The maximum absolute atomic E-state index is 14.4. The smallest absolute Gasteiger partial charge is 0.387 e. The number of benzene rings is 1. The summed E-state index contributed by atoms with van der Waals surface area (Å²) in [6.07, 6.45) is -11.5. The van der Waals surface area contributed by atoms with Gasteiger partial charge < -0.3 is 74.6 Å². The monoisotopic (exact) mass is 1210 g/mol. The van der Waals surface area contributed by atoms with Gasteiger partial charge in [0.1, 0.15) is 54.1 Å². The van der Waals surface area contributed by atoms with Crippen LogP contribution in [0.2, 0.25) is 0 Å². The van der Waals surface area contributed by atoms with E-state index >= 15 is 0 Å². The number of methoxy groups -OCH3 is 2. The SMILES string of the molecule is COCC[C@H]1[C@@H](O)[C@H]([n+]2cn(Cc3ccccc3)c3c(=O)[nH]c(N)nc32)O[C@@H]1COP(=O)(O)OP(=O)(O)OP(=O)(O)OCC1O[C@@H](n2cnc3c(N)ncnc32)[C@H](OC)[C@@H]1P(=O)(O)OC[C@H]1O[C@@H](n2ccc(=O)[nH]c2=O)[C@H](O)[C@@H]1O. The van der Waals surface area contributed by atoms with E-state index in [1.165, 1.54) is 27.1 Å². The van der Waals surface area contributed by atoms with Gasteiger partial charge in [-0.15, -0.1) is 0 Å². The molecule has 0 bridgehead atoms. The number of aromatic amines is 2. The van der Waals surface area contributed by atoms with E-state index in [1.54, 1.807) is 18.2 Å². The number of hydrogen-bond donors (Lipinski definition) is 11. The zero-order chi connectivity index (χ0) is 57.6. The second kappa shape index (κ2) is 23.5. The van der Waals surface area contributed by atoms with E-state index in [9.17, 15) is 67.5 Å². The summed E-state index contributed by atoms with van der Waals surface area (Å²) in [5.74, 6) is -1.33. The first-order valence-electron chi connectivity index (χ1n) is 23.6. The fraction of sp³-hybridized carbons (Fsp3) is 0.500. The topological polar surface area (TPSA) is 507 Å². The van der Waals surface area contributed by atoms with Gasteiger partial charge in [-0.1, -0.05) is 35.3 Å². The third kappa shape index (κ3) is 12.5. The van der Waals surface area contributed by atoms with Gasteiger partial charge in [-0.25, -0.2) is 38.0 Å². The van der Waals surface area contributed by atoms with Crippen molar-refractivity contribution >= 4 is 65.2 Å². The van der Waals surface area contributed by atoms with Crippen molar-refractivity contribution in [1.82, 2.24) is 43.6 Å². The molecule has 0 aliphatic carbocycles. The van der Waals surface area contributed by atoms with Crippen LogP contribution in [0.4, 0.5) is 11.8 Å². The summed E-state index contributed by atoms with van der Waals surface area (Å²) in [7, 11) is -20.9. The van der Waals surface area contributed by atoms with Crippen LogP contribution in [0.5, 0.6) is 0 Å². The molecule has 0 radical (unpaired) electrons. The van der Waals surface area contributed by atoms with Crippen molar-refractivity contribution in [3.05, 3.63) is 98.3 Å². The highest BCUT2D eigenvalue weighted by atomic mass is 31.3. The average Bonchev–Trinajstić information content (AvgIpc) is 4.23. The summed E-state index contributed by atoms with van der Waals surface area (Å²) in [6, 6.07) is 9.92. The van der Waals surface area contributed by atoms with E-state index in [2.05, 4.69) is 33.5 Å². The molecule has 3 aliphatic heterocycles. The van der Waals surface area contributed by atoms with Gasteiger partial charge in [0, 0.05) is 39.0 Å². The van der Waals surface area contributed by atoms with Crippen LogP contribution in [0.25, 0.3) is 22.3 Å². The molecule has 1 aromatic carbocycles. The summed E-state index contributed by atoms with van der Waals surface area (Å²) in [5, 5.41) is 33.2. The number of H-pyrrole nitrogens is 2. The number of nitrogen functional groups attached to an aromatic ring is 2. The number of phosphoric ester groups is 2. The van der Waals surface area contributed by atoms with Gasteiger partial charge in [0.15, 0.2) is 30.2 Å². The van der Waals surface area contributed by atoms with Gasteiger partial charge in [0.25, 0.3) is 17.1 Å². The molecule has 436 valence electrons. The van der Waals surface area contributed by atoms with E-state index < -0.39 is 141 Å².